The lowest BCUT2D eigenvalue weighted by molar-refractivity contribution is -0.137. The van der Waals surface area contributed by atoms with E-state index in [-0.39, 0.29) is 11.3 Å². The van der Waals surface area contributed by atoms with Crippen LogP contribution in [-0.2, 0) is 9.53 Å². The van der Waals surface area contributed by atoms with Crippen LogP contribution in [0.5, 0.6) is 0 Å². The highest BCUT2D eigenvalue weighted by atomic mass is 16.5. The van der Waals surface area contributed by atoms with Crippen LogP contribution in [-0.4, -0.2) is 38.8 Å². The van der Waals surface area contributed by atoms with Gasteiger partial charge in [-0.25, -0.2) is 0 Å². The molecule has 1 saturated heterocycles. The van der Waals surface area contributed by atoms with E-state index >= 15 is 0 Å². The Morgan fingerprint density at radius 1 is 1.37 bits per heavy atom. The number of carbonyl (C=O) groups excluding carboxylic acids is 1. The minimum Gasteiger partial charge on any atom is -0.384 e. The highest BCUT2D eigenvalue weighted by Crippen LogP contribution is 2.32. The third kappa shape index (κ3) is 3.48. The largest absolute Gasteiger partial charge is 0.384 e. The van der Waals surface area contributed by atoms with E-state index in [1.165, 1.54) is 25.7 Å². The van der Waals surface area contributed by atoms with Gasteiger partial charge in [0.25, 0.3) is 0 Å². The number of piperidine rings is 1. The van der Waals surface area contributed by atoms with E-state index in [1.54, 1.807) is 7.11 Å². The molecule has 1 aliphatic heterocycles. The van der Waals surface area contributed by atoms with Gasteiger partial charge >= 0.3 is 0 Å². The molecule has 1 amide bonds. The second-order valence-corrected chi connectivity index (χ2v) is 6.27. The van der Waals surface area contributed by atoms with Crippen molar-refractivity contribution < 1.29 is 9.53 Å². The molecule has 1 saturated carbocycles. The molecule has 0 aromatic rings. The highest BCUT2D eigenvalue weighted by Gasteiger charge is 2.40. The van der Waals surface area contributed by atoms with Crippen molar-refractivity contribution >= 4 is 5.91 Å². The summed E-state index contributed by atoms with van der Waals surface area (Å²) in [5, 5.41) is 6.60. The zero-order chi connectivity index (χ0) is 13.7. The van der Waals surface area contributed by atoms with Gasteiger partial charge in [0.2, 0.25) is 5.91 Å². The molecule has 0 aromatic heterocycles. The maximum Gasteiger partial charge on any atom is 0.228 e. The van der Waals surface area contributed by atoms with E-state index in [0.717, 1.165) is 25.9 Å². The van der Waals surface area contributed by atoms with E-state index in [0.29, 0.717) is 18.6 Å². The first-order valence-corrected chi connectivity index (χ1v) is 7.68. The van der Waals surface area contributed by atoms with Crippen LogP contribution in [0.15, 0.2) is 0 Å². The second-order valence-electron chi connectivity index (χ2n) is 6.27. The molecule has 2 fully saturated rings. The molecule has 0 unspecified atom stereocenters. The molecule has 110 valence electrons. The van der Waals surface area contributed by atoms with Crippen LogP contribution in [0.1, 0.15) is 45.4 Å². The van der Waals surface area contributed by atoms with Crippen molar-refractivity contribution in [1.29, 1.82) is 0 Å². The lowest BCUT2D eigenvalue weighted by atomic mass is 9.78. The van der Waals surface area contributed by atoms with Gasteiger partial charge in [0.15, 0.2) is 0 Å². The van der Waals surface area contributed by atoms with Gasteiger partial charge in [0.05, 0.1) is 12.0 Å². The Balaban J connectivity index is 1.94. The summed E-state index contributed by atoms with van der Waals surface area (Å²) in [5.74, 6) is 0.875. The van der Waals surface area contributed by atoms with E-state index in [1.807, 2.05) is 0 Å². The monoisotopic (exact) mass is 268 g/mol. The number of rotatable bonds is 5. The summed E-state index contributed by atoms with van der Waals surface area (Å²) in [6.07, 6.45) is 6.92. The summed E-state index contributed by atoms with van der Waals surface area (Å²) in [6, 6.07) is 0.304. The number of hydrogen-bond donors (Lipinski definition) is 2. The molecule has 4 nitrogen and oxygen atoms in total. The summed E-state index contributed by atoms with van der Waals surface area (Å²) >= 11 is 0. The van der Waals surface area contributed by atoms with Crippen molar-refractivity contribution in [2.45, 2.75) is 51.5 Å². The Labute approximate surface area is 116 Å². The Hall–Kier alpha value is -0.610. The smallest absolute Gasteiger partial charge is 0.228 e. The maximum atomic E-state index is 12.7. The zero-order valence-corrected chi connectivity index (χ0v) is 12.3. The SMILES string of the molecule is COCC1(C(=O)N[C@@H](C)C2CCCC2)CCNCC1. The van der Waals surface area contributed by atoms with Gasteiger partial charge in [-0.2, -0.15) is 0 Å². The number of nitrogens with one attached hydrogen (secondary N) is 2. The third-order valence-corrected chi connectivity index (χ3v) is 4.93. The minimum absolute atomic E-state index is 0.204. The average Bonchev–Trinajstić information content (AvgIpc) is 2.94. The fourth-order valence-electron chi connectivity index (χ4n) is 3.55. The second kappa shape index (κ2) is 6.71. The Bertz CT molecular complexity index is 289. The minimum atomic E-state index is -0.313. The van der Waals surface area contributed by atoms with Crippen molar-refractivity contribution in [1.82, 2.24) is 10.6 Å². The maximum absolute atomic E-state index is 12.7. The fraction of sp³-hybridized carbons (Fsp3) is 0.933. The highest BCUT2D eigenvalue weighted by molar-refractivity contribution is 5.83. The van der Waals surface area contributed by atoms with Gasteiger partial charge < -0.3 is 15.4 Å². The van der Waals surface area contributed by atoms with Crippen LogP contribution in [0, 0.1) is 11.3 Å². The molecular formula is C15H28N2O2. The summed E-state index contributed by atoms with van der Waals surface area (Å²) < 4.78 is 5.32. The van der Waals surface area contributed by atoms with Crippen LogP contribution in [0.3, 0.4) is 0 Å². The first kappa shape index (κ1) is 14.8. The molecule has 2 rings (SSSR count). The lowest BCUT2D eigenvalue weighted by Gasteiger charge is -2.37. The van der Waals surface area contributed by atoms with Gasteiger partial charge in [0, 0.05) is 13.2 Å². The first-order valence-electron chi connectivity index (χ1n) is 7.68. The molecule has 1 atom stereocenters. The molecule has 0 aromatic carbocycles. The van der Waals surface area contributed by atoms with Crippen LogP contribution in [0.4, 0.5) is 0 Å². The van der Waals surface area contributed by atoms with Gasteiger partial charge in [-0.3, -0.25) is 4.79 Å². The standard InChI is InChI=1S/C15H28N2O2/c1-12(13-5-3-4-6-13)17-14(18)15(11-19-2)7-9-16-10-8-15/h12-13,16H,3-11H2,1-2H3,(H,17,18)/t12-/m0/s1. The molecule has 1 aliphatic carbocycles. The molecule has 0 spiro atoms. The van der Waals surface area contributed by atoms with E-state index in [9.17, 15) is 4.79 Å². The van der Waals surface area contributed by atoms with Gasteiger partial charge in [-0.15, -0.1) is 0 Å². The van der Waals surface area contributed by atoms with Crippen LogP contribution in [0.2, 0.25) is 0 Å². The fourth-order valence-corrected chi connectivity index (χ4v) is 3.55. The molecule has 2 N–H and O–H groups in total. The normalized spacial score (nSPS) is 25.2. The predicted octanol–water partition coefficient (Wildman–Crippen LogP) is 1.70. The lowest BCUT2D eigenvalue weighted by Crippen LogP contribution is -2.53. The quantitative estimate of drug-likeness (QED) is 0.798. The Kier molecular flexibility index (Phi) is 5.22. The first-order chi connectivity index (χ1) is 9.18. The van der Waals surface area contributed by atoms with Crippen molar-refractivity contribution in [2.75, 3.05) is 26.8 Å². The summed E-state index contributed by atoms with van der Waals surface area (Å²) in [6.45, 7) is 4.52. The molecular weight excluding hydrogens is 240 g/mol. The average molecular weight is 268 g/mol. The summed E-state index contributed by atoms with van der Waals surface area (Å²) in [5.41, 5.74) is -0.313. The topological polar surface area (TPSA) is 50.4 Å². The number of carbonyl (C=O) groups is 1. The van der Waals surface area contributed by atoms with Crippen LogP contribution in [0.25, 0.3) is 0 Å². The van der Waals surface area contributed by atoms with Gasteiger partial charge in [-0.1, -0.05) is 12.8 Å². The Morgan fingerprint density at radius 2 is 2.00 bits per heavy atom. The van der Waals surface area contributed by atoms with Crippen LogP contribution < -0.4 is 10.6 Å². The zero-order valence-electron chi connectivity index (χ0n) is 12.3. The number of ether oxygens (including phenoxy) is 1. The van der Waals surface area contributed by atoms with Crippen molar-refractivity contribution in [3.63, 3.8) is 0 Å². The number of amides is 1. The predicted molar refractivity (Wildman–Crippen MR) is 76.0 cm³/mol. The molecule has 2 aliphatic rings. The molecule has 1 heterocycles. The molecule has 4 heteroatoms. The van der Waals surface area contributed by atoms with E-state index < -0.39 is 0 Å². The van der Waals surface area contributed by atoms with Crippen molar-refractivity contribution in [3.05, 3.63) is 0 Å². The number of hydrogen-bond acceptors (Lipinski definition) is 3. The van der Waals surface area contributed by atoms with E-state index in [2.05, 4.69) is 17.6 Å². The number of methoxy groups -OCH3 is 1. The van der Waals surface area contributed by atoms with Crippen molar-refractivity contribution in [2.24, 2.45) is 11.3 Å². The van der Waals surface area contributed by atoms with Gasteiger partial charge in [-0.05, 0) is 51.6 Å². The molecule has 19 heavy (non-hydrogen) atoms. The molecule has 0 radical (unpaired) electrons. The van der Waals surface area contributed by atoms with E-state index in [4.69, 9.17) is 4.74 Å². The summed E-state index contributed by atoms with van der Waals surface area (Å²) in [7, 11) is 1.69. The summed E-state index contributed by atoms with van der Waals surface area (Å²) in [4.78, 5) is 12.7. The van der Waals surface area contributed by atoms with Crippen LogP contribution >= 0.6 is 0 Å². The van der Waals surface area contributed by atoms with Crippen molar-refractivity contribution in [3.8, 4) is 0 Å². The van der Waals surface area contributed by atoms with Gasteiger partial charge in [0.1, 0.15) is 0 Å². The molecule has 0 bridgehead atoms. The Morgan fingerprint density at radius 3 is 2.58 bits per heavy atom. The third-order valence-electron chi connectivity index (χ3n) is 4.93.